The average molecular weight is 372 g/mol. The summed E-state index contributed by atoms with van der Waals surface area (Å²) in [6, 6.07) is 5.74. The van der Waals surface area contributed by atoms with Crippen molar-refractivity contribution in [3.8, 4) is 0 Å². The summed E-state index contributed by atoms with van der Waals surface area (Å²) < 4.78 is 0.973. The number of carbonyl (C=O) groups excluding carboxylic acids is 1. The fourth-order valence-corrected chi connectivity index (χ4v) is 2.65. The van der Waals surface area contributed by atoms with Crippen LogP contribution in [0.4, 0.5) is 5.69 Å². The number of benzene rings is 1. The molecule has 0 saturated carbocycles. The van der Waals surface area contributed by atoms with E-state index in [0.29, 0.717) is 12.2 Å². The van der Waals surface area contributed by atoms with Crippen LogP contribution in [-0.2, 0) is 13.0 Å². The predicted molar refractivity (Wildman–Crippen MR) is 88.1 cm³/mol. The van der Waals surface area contributed by atoms with Crippen molar-refractivity contribution in [2.75, 3.05) is 11.9 Å². The van der Waals surface area contributed by atoms with E-state index in [0.717, 1.165) is 39.9 Å². The molecule has 0 atom stereocenters. The van der Waals surface area contributed by atoms with Gasteiger partial charge in [0.1, 0.15) is 0 Å². The van der Waals surface area contributed by atoms with Crippen molar-refractivity contribution in [1.29, 1.82) is 0 Å². The van der Waals surface area contributed by atoms with E-state index in [4.69, 9.17) is 0 Å². The first-order chi connectivity index (χ1) is 9.65. The van der Waals surface area contributed by atoms with Crippen LogP contribution in [0.2, 0.25) is 0 Å². The maximum atomic E-state index is 12.3. The summed E-state index contributed by atoms with van der Waals surface area (Å²) in [5.41, 5.74) is 4.39. The zero-order valence-corrected chi connectivity index (χ0v) is 13.9. The van der Waals surface area contributed by atoms with Gasteiger partial charge in [-0.2, -0.15) is 5.10 Å². The number of fused-ring (bicyclic) bond motifs is 1. The molecule has 3 N–H and O–H groups in total. The highest BCUT2D eigenvalue weighted by molar-refractivity contribution is 9.10. The number of H-pyrrole nitrogens is 1. The Morgan fingerprint density at radius 2 is 2.24 bits per heavy atom. The largest absolute Gasteiger partial charge is 0.321 e. The lowest BCUT2D eigenvalue weighted by Crippen LogP contribution is -2.25. The summed E-state index contributed by atoms with van der Waals surface area (Å²) in [5, 5.41) is 13.2. The number of carbonyl (C=O) groups is 1. The lowest BCUT2D eigenvalue weighted by Gasteiger charge is -2.13. The van der Waals surface area contributed by atoms with Gasteiger partial charge in [0.05, 0.1) is 0 Å². The van der Waals surface area contributed by atoms with Crippen LogP contribution in [0, 0.1) is 6.92 Å². The molecule has 0 unspecified atom stereocenters. The van der Waals surface area contributed by atoms with Crippen LogP contribution in [0.25, 0.3) is 0 Å². The molecule has 0 saturated heterocycles. The fraction of sp³-hybridized carbons (Fsp3) is 0.286. The smallest absolute Gasteiger partial charge is 0.276 e. The second-order valence-corrected chi connectivity index (χ2v) is 5.73. The van der Waals surface area contributed by atoms with Crippen LogP contribution in [-0.4, -0.2) is 22.6 Å². The second-order valence-electron chi connectivity index (χ2n) is 4.87. The van der Waals surface area contributed by atoms with Crippen molar-refractivity contribution in [3.63, 3.8) is 0 Å². The highest BCUT2D eigenvalue weighted by Gasteiger charge is 2.21. The van der Waals surface area contributed by atoms with E-state index in [2.05, 4.69) is 36.8 Å². The molecule has 7 heteroatoms. The highest BCUT2D eigenvalue weighted by Crippen LogP contribution is 2.22. The first-order valence-corrected chi connectivity index (χ1v) is 7.29. The van der Waals surface area contributed by atoms with Crippen molar-refractivity contribution in [2.24, 2.45) is 0 Å². The summed E-state index contributed by atoms with van der Waals surface area (Å²) in [6.45, 7) is 3.61. The minimum atomic E-state index is -0.179. The number of hydrogen-bond acceptors (Lipinski definition) is 3. The van der Waals surface area contributed by atoms with Gasteiger partial charge in [0.15, 0.2) is 5.69 Å². The fourth-order valence-electron chi connectivity index (χ4n) is 2.27. The van der Waals surface area contributed by atoms with Crippen LogP contribution in [0.3, 0.4) is 0 Å². The van der Waals surface area contributed by atoms with Crippen molar-refractivity contribution in [3.05, 3.63) is 45.2 Å². The van der Waals surface area contributed by atoms with Crippen LogP contribution < -0.4 is 10.6 Å². The van der Waals surface area contributed by atoms with Gasteiger partial charge in [-0.05, 0) is 24.6 Å². The molecule has 2 aromatic rings. The van der Waals surface area contributed by atoms with E-state index in [1.807, 2.05) is 25.1 Å². The topological polar surface area (TPSA) is 69.8 Å². The van der Waals surface area contributed by atoms with Gasteiger partial charge in [-0.3, -0.25) is 9.89 Å². The normalized spacial score (nSPS) is 13.2. The van der Waals surface area contributed by atoms with Crippen LogP contribution >= 0.6 is 28.3 Å². The molecule has 1 aromatic carbocycles. The number of aromatic amines is 1. The minimum absolute atomic E-state index is 0. The summed E-state index contributed by atoms with van der Waals surface area (Å²) in [5.74, 6) is -0.179. The molecule has 0 bridgehead atoms. The number of anilines is 1. The molecule has 1 aliphatic rings. The molecule has 0 aliphatic carbocycles. The number of rotatable bonds is 2. The molecule has 112 valence electrons. The Kier molecular flexibility index (Phi) is 5.03. The zero-order chi connectivity index (χ0) is 14.1. The summed E-state index contributed by atoms with van der Waals surface area (Å²) in [6.07, 6.45) is 0.881. The Bertz CT molecular complexity index is 671. The number of halogens is 2. The molecular formula is C14H16BrClN4O. The number of nitrogens with one attached hydrogen (secondary N) is 3. The van der Waals surface area contributed by atoms with Crippen molar-refractivity contribution in [2.45, 2.75) is 19.9 Å². The van der Waals surface area contributed by atoms with Gasteiger partial charge in [-0.15, -0.1) is 12.4 Å². The highest BCUT2D eigenvalue weighted by atomic mass is 79.9. The molecule has 1 aliphatic heterocycles. The zero-order valence-electron chi connectivity index (χ0n) is 11.5. The van der Waals surface area contributed by atoms with Gasteiger partial charge in [-0.25, -0.2) is 0 Å². The number of nitrogens with zero attached hydrogens (tertiary/aromatic N) is 1. The second kappa shape index (κ2) is 6.60. The van der Waals surface area contributed by atoms with Gasteiger partial charge in [-0.1, -0.05) is 22.0 Å². The lowest BCUT2D eigenvalue weighted by molar-refractivity contribution is 0.102. The molecule has 0 spiro atoms. The summed E-state index contributed by atoms with van der Waals surface area (Å²) in [4.78, 5) is 12.3. The van der Waals surface area contributed by atoms with Crippen LogP contribution in [0.1, 0.15) is 27.3 Å². The monoisotopic (exact) mass is 370 g/mol. The molecule has 1 amide bonds. The molecule has 0 fully saturated rings. The SMILES string of the molecule is Cc1ccc(NC(=O)c2n[nH]c3c2CNCC3)cc1Br.Cl. The average Bonchev–Trinajstić information content (AvgIpc) is 2.87. The molecular weight excluding hydrogens is 356 g/mol. The Labute approximate surface area is 137 Å². The number of amides is 1. The molecule has 5 nitrogen and oxygen atoms in total. The van der Waals surface area contributed by atoms with Crippen molar-refractivity contribution >= 4 is 39.9 Å². The number of aryl methyl sites for hydroxylation is 1. The quantitative estimate of drug-likeness (QED) is 0.760. The molecule has 2 heterocycles. The van der Waals surface area contributed by atoms with E-state index in [9.17, 15) is 4.79 Å². The number of hydrogen-bond donors (Lipinski definition) is 3. The lowest BCUT2D eigenvalue weighted by atomic mass is 10.1. The number of aromatic nitrogens is 2. The van der Waals surface area contributed by atoms with E-state index < -0.39 is 0 Å². The first kappa shape index (κ1) is 16.0. The molecule has 3 rings (SSSR count). The third-order valence-corrected chi connectivity index (χ3v) is 4.31. The standard InChI is InChI=1S/C14H15BrN4O.ClH/c1-8-2-3-9(6-11(8)15)17-14(20)13-10-7-16-5-4-12(10)18-19-13;/h2-3,6,16H,4-5,7H2,1H3,(H,17,20)(H,18,19);1H. The van der Waals surface area contributed by atoms with Gasteiger partial charge in [0.2, 0.25) is 0 Å². The van der Waals surface area contributed by atoms with Gasteiger partial charge >= 0.3 is 0 Å². The molecule has 0 radical (unpaired) electrons. The Hall–Kier alpha value is -1.37. The Balaban J connectivity index is 0.00000161. The summed E-state index contributed by atoms with van der Waals surface area (Å²) >= 11 is 3.46. The maximum absolute atomic E-state index is 12.3. The van der Waals surface area contributed by atoms with Crippen LogP contribution in [0.15, 0.2) is 22.7 Å². The van der Waals surface area contributed by atoms with E-state index in [1.54, 1.807) is 0 Å². The maximum Gasteiger partial charge on any atom is 0.276 e. The minimum Gasteiger partial charge on any atom is -0.321 e. The van der Waals surface area contributed by atoms with Crippen molar-refractivity contribution in [1.82, 2.24) is 15.5 Å². The first-order valence-electron chi connectivity index (χ1n) is 6.49. The van der Waals surface area contributed by atoms with Gasteiger partial charge in [0.25, 0.3) is 5.91 Å². The third-order valence-electron chi connectivity index (χ3n) is 3.45. The predicted octanol–water partition coefficient (Wildman–Crippen LogP) is 2.80. The summed E-state index contributed by atoms with van der Waals surface area (Å²) in [7, 11) is 0. The van der Waals surface area contributed by atoms with E-state index >= 15 is 0 Å². The third kappa shape index (κ3) is 3.28. The van der Waals surface area contributed by atoms with Gasteiger partial charge in [0, 0.05) is 40.9 Å². The molecule has 21 heavy (non-hydrogen) atoms. The van der Waals surface area contributed by atoms with Crippen LogP contribution in [0.5, 0.6) is 0 Å². The Morgan fingerprint density at radius 1 is 1.43 bits per heavy atom. The molecule has 1 aromatic heterocycles. The van der Waals surface area contributed by atoms with E-state index in [1.165, 1.54) is 0 Å². The van der Waals surface area contributed by atoms with Gasteiger partial charge < -0.3 is 10.6 Å². The Morgan fingerprint density at radius 3 is 3.00 bits per heavy atom. The van der Waals surface area contributed by atoms with E-state index in [-0.39, 0.29) is 18.3 Å². The van der Waals surface area contributed by atoms with Crippen molar-refractivity contribution < 1.29 is 4.79 Å².